The first-order chi connectivity index (χ1) is 7.24. The Balaban J connectivity index is 3.88. The fourth-order valence-corrected chi connectivity index (χ4v) is 2.37. The average Bonchev–Trinajstić information content (AvgIpc) is 2.16. The van der Waals surface area contributed by atoms with Crippen molar-refractivity contribution in [1.29, 1.82) is 0 Å². The number of rotatable bonds is 6. The highest BCUT2D eigenvalue weighted by Crippen LogP contribution is 2.36. The normalized spacial score (nSPS) is 14.6. The summed E-state index contributed by atoms with van der Waals surface area (Å²) in [5.74, 6) is 3.27. The molecule has 0 N–H and O–H groups in total. The summed E-state index contributed by atoms with van der Waals surface area (Å²) < 4.78 is 6.10. The fraction of sp³-hybridized carbons (Fsp3) is 0.857. The molecule has 0 fully saturated rings. The van der Waals surface area contributed by atoms with Gasteiger partial charge in [0, 0.05) is 12.5 Å². The molecule has 16 heavy (non-hydrogen) atoms. The van der Waals surface area contributed by atoms with Crippen LogP contribution in [0.2, 0.25) is 18.1 Å². The van der Waals surface area contributed by atoms with Crippen molar-refractivity contribution in [2.75, 3.05) is 6.61 Å². The quantitative estimate of drug-likeness (QED) is 0.379. The van der Waals surface area contributed by atoms with Crippen LogP contribution in [0, 0.1) is 18.3 Å². The Labute approximate surface area is 103 Å². The maximum absolute atomic E-state index is 6.10. The van der Waals surface area contributed by atoms with Gasteiger partial charge in [-0.15, -0.1) is 12.3 Å². The van der Waals surface area contributed by atoms with Gasteiger partial charge in [-0.2, -0.15) is 0 Å². The van der Waals surface area contributed by atoms with Crippen LogP contribution in [0.15, 0.2) is 0 Å². The van der Waals surface area contributed by atoms with Gasteiger partial charge in [-0.05, 0) is 37.4 Å². The molecule has 94 valence electrons. The molecule has 0 spiro atoms. The molecule has 0 radical (unpaired) electrons. The summed E-state index contributed by atoms with van der Waals surface area (Å²) in [6.45, 7) is 14.4. The third-order valence-electron chi connectivity index (χ3n) is 3.69. The third-order valence-corrected chi connectivity index (χ3v) is 8.23. The first-order valence-electron chi connectivity index (χ1n) is 6.34. The third kappa shape index (κ3) is 5.18. The first-order valence-corrected chi connectivity index (χ1v) is 9.25. The van der Waals surface area contributed by atoms with E-state index in [4.69, 9.17) is 10.8 Å². The van der Waals surface area contributed by atoms with E-state index in [-0.39, 0.29) is 0 Å². The van der Waals surface area contributed by atoms with Crippen LogP contribution in [0.5, 0.6) is 0 Å². The van der Waals surface area contributed by atoms with Gasteiger partial charge in [0.25, 0.3) is 0 Å². The zero-order valence-corrected chi connectivity index (χ0v) is 12.9. The molecule has 0 saturated heterocycles. The number of terminal acetylenes is 1. The van der Waals surface area contributed by atoms with Crippen molar-refractivity contribution in [3.8, 4) is 12.3 Å². The van der Waals surface area contributed by atoms with Crippen LogP contribution < -0.4 is 0 Å². The number of hydrogen-bond donors (Lipinski definition) is 0. The van der Waals surface area contributed by atoms with Crippen molar-refractivity contribution >= 4 is 8.32 Å². The highest BCUT2D eigenvalue weighted by molar-refractivity contribution is 6.74. The Morgan fingerprint density at radius 1 is 1.31 bits per heavy atom. The lowest BCUT2D eigenvalue weighted by molar-refractivity contribution is 0.273. The zero-order valence-electron chi connectivity index (χ0n) is 11.9. The standard InChI is InChI=1S/C14H28OSi/c1-8-13(9-2)11-10-12-15-16(6,7)14(3,4)5/h1,13H,9-12H2,2-7H3/t13-/m1/s1. The SMILES string of the molecule is C#C[C@H](CC)CCCO[Si](C)(C)C(C)(C)C. The molecule has 0 heterocycles. The Morgan fingerprint density at radius 3 is 2.25 bits per heavy atom. The highest BCUT2D eigenvalue weighted by atomic mass is 28.4. The molecule has 0 saturated carbocycles. The highest BCUT2D eigenvalue weighted by Gasteiger charge is 2.36. The second-order valence-corrected chi connectivity index (χ2v) is 10.8. The van der Waals surface area contributed by atoms with Crippen LogP contribution in [-0.4, -0.2) is 14.9 Å². The Morgan fingerprint density at radius 2 is 1.88 bits per heavy atom. The zero-order chi connectivity index (χ0) is 12.8. The molecule has 0 aliphatic heterocycles. The van der Waals surface area contributed by atoms with E-state index in [0.717, 1.165) is 25.9 Å². The van der Waals surface area contributed by atoms with Gasteiger partial charge in [0.2, 0.25) is 0 Å². The minimum Gasteiger partial charge on any atom is -0.417 e. The van der Waals surface area contributed by atoms with Crippen molar-refractivity contribution < 1.29 is 4.43 Å². The lowest BCUT2D eigenvalue weighted by atomic mass is 10.0. The van der Waals surface area contributed by atoms with E-state index in [0.29, 0.717) is 11.0 Å². The minimum absolute atomic E-state index is 0.309. The lowest BCUT2D eigenvalue weighted by Gasteiger charge is -2.36. The molecular formula is C14H28OSi. The Kier molecular flexibility index (Phi) is 6.36. The van der Waals surface area contributed by atoms with Crippen molar-refractivity contribution in [3.63, 3.8) is 0 Å². The van der Waals surface area contributed by atoms with E-state index in [1.54, 1.807) is 0 Å². The van der Waals surface area contributed by atoms with Crippen LogP contribution >= 0.6 is 0 Å². The summed E-state index contributed by atoms with van der Waals surface area (Å²) in [5.41, 5.74) is 0. The largest absolute Gasteiger partial charge is 0.417 e. The molecule has 1 nitrogen and oxygen atoms in total. The minimum atomic E-state index is -1.55. The monoisotopic (exact) mass is 240 g/mol. The maximum atomic E-state index is 6.10. The summed E-state index contributed by atoms with van der Waals surface area (Å²) in [4.78, 5) is 0. The molecule has 1 atom stereocenters. The molecule has 0 aliphatic carbocycles. The van der Waals surface area contributed by atoms with Gasteiger partial charge in [0.05, 0.1) is 0 Å². The predicted octanol–water partition coefficient (Wildman–Crippen LogP) is 4.45. The van der Waals surface area contributed by atoms with Crippen LogP contribution in [0.4, 0.5) is 0 Å². The van der Waals surface area contributed by atoms with Crippen LogP contribution in [-0.2, 0) is 4.43 Å². The van der Waals surface area contributed by atoms with Gasteiger partial charge < -0.3 is 4.43 Å². The van der Waals surface area contributed by atoms with Gasteiger partial charge in [-0.1, -0.05) is 27.7 Å². The second kappa shape index (κ2) is 6.47. The number of hydrogen-bond acceptors (Lipinski definition) is 1. The van der Waals surface area contributed by atoms with E-state index < -0.39 is 8.32 Å². The topological polar surface area (TPSA) is 9.23 Å². The summed E-state index contributed by atoms with van der Waals surface area (Å²) in [7, 11) is -1.55. The lowest BCUT2D eigenvalue weighted by Crippen LogP contribution is -2.41. The molecule has 0 aromatic heterocycles. The van der Waals surface area contributed by atoms with Crippen LogP contribution in [0.3, 0.4) is 0 Å². The molecule has 0 unspecified atom stereocenters. The van der Waals surface area contributed by atoms with Gasteiger partial charge in [0.15, 0.2) is 8.32 Å². The molecule has 0 amide bonds. The average molecular weight is 240 g/mol. The van der Waals surface area contributed by atoms with Gasteiger partial charge in [-0.3, -0.25) is 0 Å². The van der Waals surface area contributed by atoms with Crippen molar-refractivity contribution in [3.05, 3.63) is 0 Å². The Hall–Kier alpha value is -0.263. The second-order valence-electron chi connectivity index (χ2n) is 6.02. The van der Waals surface area contributed by atoms with Crippen molar-refractivity contribution in [1.82, 2.24) is 0 Å². The molecule has 0 aromatic carbocycles. The Bertz CT molecular complexity index is 232. The van der Waals surface area contributed by atoms with Crippen LogP contribution in [0.25, 0.3) is 0 Å². The molecule has 0 aliphatic rings. The van der Waals surface area contributed by atoms with E-state index in [9.17, 15) is 0 Å². The maximum Gasteiger partial charge on any atom is 0.191 e. The molecular weight excluding hydrogens is 212 g/mol. The molecule has 0 bridgehead atoms. The van der Waals surface area contributed by atoms with E-state index in [1.165, 1.54) is 0 Å². The summed E-state index contributed by atoms with van der Waals surface area (Å²) in [6.07, 6.45) is 8.71. The van der Waals surface area contributed by atoms with Crippen molar-refractivity contribution in [2.24, 2.45) is 5.92 Å². The predicted molar refractivity (Wildman–Crippen MR) is 75.0 cm³/mol. The van der Waals surface area contributed by atoms with Gasteiger partial charge in [0.1, 0.15) is 0 Å². The molecule has 0 aromatic rings. The molecule has 2 heteroatoms. The van der Waals surface area contributed by atoms with Gasteiger partial charge in [-0.25, -0.2) is 0 Å². The van der Waals surface area contributed by atoms with Crippen LogP contribution in [0.1, 0.15) is 47.0 Å². The first kappa shape index (κ1) is 15.7. The van der Waals surface area contributed by atoms with E-state index >= 15 is 0 Å². The summed E-state index contributed by atoms with van der Waals surface area (Å²) >= 11 is 0. The van der Waals surface area contributed by atoms with E-state index in [1.807, 2.05) is 0 Å². The smallest absolute Gasteiger partial charge is 0.191 e. The summed E-state index contributed by atoms with van der Waals surface area (Å²) in [5, 5.41) is 0.309. The summed E-state index contributed by atoms with van der Waals surface area (Å²) in [6, 6.07) is 0. The van der Waals surface area contributed by atoms with E-state index in [2.05, 4.69) is 46.7 Å². The van der Waals surface area contributed by atoms with Crippen molar-refractivity contribution in [2.45, 2.75) is 65.1 Å². The fourth-order valence-electron chi connectivity index (χ4n) is 1.28. The molecule has 0 rings (SSSR count). The van der Waals surface area contributed by atoms with Gasteiger partial charge >= 0.3 is 0 Å².